The van der Waals surface area contributed by atoms with E-state index in [2.05, 4.69) is 10.1 Å². The molecule has 178 valence electrons. The van der Waals surface area contributed by atoms with Crippen molar-refractivity contribution in [2.75, 3.05) is 16.3 Å². The van der Waals surface area contributed by atoms with Crippen LogP contribution in [0.25, 0.3) is 5.52 Å². The van der Waals surface area contributed by atoms with Gasteiger partial charge in [0.25, 0.3) is 5.91 Å². The first kappa shape index (κ1) is 22.4. The van der Waals surface area contributed by atoms with E-state index in [1.165, 1.54) is 0 Å². The highest BCUT2D eigenvalue weighted by molar-refractivity contribution is 6.27. The van der Waals surface area contributed by atoms with Crippen LogP contribution in [-0.4, -0.2) is 33.1 Å². The number of carbonyl (C=O) groups is 2. The first-order chi connectivity index (χ1) is 16.8. The monoisotopic (exact) mass is 481 g/mol. The lowest BCUT2D eigenvalue weighted by atomic mass is 10.1. The second-order valence-corrected chi connectivity index (χ2v) is 7.81. The van der Waals surface area contributed by atoms with Crippen LogP contribution in [-0.2, 0) is 17.4 Å². The third-order valence-electron chi connectivity index (χ3n) is 5.62. The summed E-state index contributed by atoms with van der Waals surface area (Å²) in [5.41, 5.74) is 0.693. The zero-order valence-electron chi connectivity index (χ0n) is 18.4. The van der Waals surface area contributed by atoms with E-state index in [4.69, 9.17) is 4.74 Å². The number of aryl methyl sites for hydroxylation is 1. The molecule has 1 saturated heterocycles. The second-order valence-electron chi connectivity index (χ2n) is 7.81. The van der Waals surface area contributed by atoms with Gasteiger partial charge in [-0.05, 0) is 48.4 Å². The molecule has 0 bridgehead atoms. The fourth-order valence-corrected chi connectivity index (χ4v) is 3.88. The number of aromatic nitrogens is 3. The van der Waals surface area contributed by atoms with Gasteiger partial charge in [0.15, 0.2) is 5.75 Å². The fraction of sp³-hybridized carbons (Fsp3) is 0.167. The molecule has 35 heavy (non-hydrogen) atoms. The summed E-state index contributed by atoms with van der Waals surface area (Å²) in [6.07, 6.45) is 1.09. The van der Waals surface area contributed by atoms with Crippen LogP contribution in [0.2, 0.25) is 0 Å². The van der Waals surface area contributed by atoms with Crippen LogP contribution in [0.4, 0.5) is 29.3 Å². The number of imide groups is 1. The van der Waals surface area contributed by atoms with Gasteiger partial charge in [0.1, 0.15) is 17.8 Å². The smallest absolute Gasteiger partial charge is 0.417 e. The minimum Gasteiger partial charge on any atom is -0.453 e. The van der Waals surface area contributed by atoms with Gasteiger partial charge in [-0.3, -0.25) is 14.7 Å². The molecule has 1 aliphatic rings. The van der Waals surface area contributed by atoms with E-state index in [0.29, 0.717) is 29.8 Å². The summed E-state index contributed by atoms with van der Waals surface area (Å²) in [5, 5.41) is 4.24. The maximum Gasteiger partial charge on any atom is 0.417 e. The summed E-state index contributed by atoms with van der Waals surface area (Å²) < 4.78 is 47.0. The number of pyridine rings is 2. The lowest BCUT2D eigenvalue weighted by Gasteiger charge is -2.19. The molecule has 0 N–H and O–H groups in total. The fourth-order valence-electron chi connectivity index (χ4n) is 3.88. The molecular formula is C24H18F3N5O3. The van der Waals surface area contributed by atoms with E-state index in [9.17, 15) is 22.8 Å². The van der Waals surface area contributed by atoms with Crippen molar-refractivity contribution in [1.82, 2.24) is 14.6 Å². The highest BCUT2D eigenvalue weighted by Gasteiger charge is 2.39. The average Bonchev–Trinajstić information content (AvgIpc) is 3.39. The van der Waals surface area contributed by atoms with Gasteiger partial charge < -0.3 is 4.74 Å². The molecule has 0 aliphatic carbocycles. The van der Waals surface area contributed by atoms with Crippen LogP contribution in [0, 0.1) is 0 Å². The molecule has 0 atom stereocenters. The summed E-state index contributed by atoms with van der Waals surface area (Å²) >= 11 is 0. The summed E-state index contributed by atoms with van der Waals surface area (Å²) in [6, 6.07) is 10.5. The van der Waals surface area contributed by atoms with E-state index in [-0.39, 0.29) is 5.69 Å². The summed E-state index contributed by atoms with van der Waals surface area (Å²) in [7, 11) is 0. The number of carbonyl (C=O) groups excluding carboxylic acids is 2. The van der Waals surface area contributed by atoms with E-state index < -0.39 is 30.2 Å². The maximum absolute atomic E-state index is 13.1. The Balaban J connectivity index is 1.43. The maximum atomic E-state index is 13.1. The van der Waals surface area contributed by atoms with Crippen LogP contribution in [0.5, 0.6) is 11.5 Å². The molecular weight excluding hydrogens is 463 g/mol. The first-order valence-electron chi connectivity index (χ1n) is 10.7. The van der Waals surface area contributed by atoms with Crippen molar-refractivity contribution in [3.63, 3.8) is 0 Å². The van der Waals surface area contributed by atoms with Crippen molar-refractivity contribution in [3.05, 3.63) is 78.4 Å². The van der Waals surface area contributed by atoms with Crippen LogP contribution < -0.4 is 14.5 Å². The molecule has 0 radical (unpaired) electrons. The van der Waals surface area contributed by atoms with Crippen molar-refractivity contribution in [2.45, 2.75) is 19.5 Å². The minimum atomic E-state index is -4.62. The number of halogens is 3. The molecule has 1 fully saturated rings. The van der Waals surface area contributed by atoms with E-state index >= 15 is 0 Å². The van der Waals surface area contributed by atoms with Gasteiger partial charge in [0.2, 0.25) is 0 Å². The van der Waals surface area contributed by atoms with Gasteiger partial charge in [0.05, 0.1) is 29.3 Å². The van der Waals surface area contributed by atoms with Crippen LogP contribution in [0.1, 0.15) is 18.1 Å². The molecule has 1 aliphatic heterocycles. The van der Waals surface area contributed by atoms with E-state index in [0.717, 1.165) is 33.1 Å². The number of urea groups is 1. The molecule has 1 aromatic carbocycles. The number of fused-ring (bicyclic) bond motifs is 1. The molecule has 0 unspecified atom stereocenters. The lowest BCUT2D eigenvalue weighted by molar-refractivity contribution is -0.137. The summed E-state index contributed by atoms with van der Waals surface area (Å²) in [6.45, 7) is 1.50. The standard InChI is InChI=1S/C24H18F3N5O3/c1-2-15-9-17(6-7-20(15)35-21-13-29-31-8-4-3-5-19(21)31)32-22(33)14-30(23(32)34)18-10-16(11-28-12-18)24(25,26)27/h3-13H,2,14H2,1H3. The Bertz CT molecular complexity index is 1450. The third-order valence-corrected chi connectivity index (χ3v) is 5.62. The van der Waals surface area contributed by atoms with Crippen LogP contribution >= 0.6 is 0 Å². The number of rotatable bonds is 5. The zero-order valence-corrected chi connectivity index (χ0v) is 18.4. The van der Waals surface area contributed by atoms with Crippen molar-refractivity contribution < 1.29 is 27.5 Å². The third kappa shape index (κ3) is 4.05. The number of hydrogen-bond acceptors (Lipinski definition) is 5. The number of amides is 3. The molecule has 8 nitrogen and oxygen atoms in total. The number of nitrogens with zero attached hydrogens (tertiary/aromatic N) is 5. The highest BCUT2D eigenvalue weighted by atomic mass is 19.4. The van der Waals surface area contributed by atoms with Gasteiger partial charge in [-0.1, -0.05) is 13.0 Å². The predicted molar refractivity (Wildman–Crippen MR) is 121 cm³/mol. The topological polar surface area (TPSA) is 80.0 Å². The molecule has 0 spiro atoms. The Morgan fingerprint density at radius 1 is 1.00 bits per heavy atom. The highest BCUT2D eigenvalue weighted by Crippen LogP contribution is 2.35. The minimum absolute atomic E-state index is 0.107. The quantitative estimate of drug-likeness (QED) is 0.372. The van der Waals surface area contributed by atoms with Gasteiger partial charge in [0, 0.05) is 12.4 Å². The lowest BCUT2D eigenvalue weighted by Crippen LogP contribution is -2.33. The number of alkyl halides is 3. The predicted octanol–water partition coefficient (Wildman–Crippen LogP) is 5.08. The molecule has 11 heteroatoms. The molecule has 3 amide bonds. The Morgan fingerprint density at radius 3 is 2.60 bits per heavy atom. The van der Waals surface area contributed by atoms with Gasteiger partial charge in [-0.2, -0.15) is 18.3 Å². The first-order valence-corrected chi connectivity index (χ1v) is 10.7. The number of hydrogen-bond donors (Lipinski definition) is 0. The molecule has 3 aromatic heterocycles. The second kappa shape index (κ2) is 8.42. The van der Waals surface area contributed by atoms with Crippen molar-refractivity contribution in [2.24, 2.45) is 0 Å². The van der Waals surface area contributed by atoms with Crippen molar-refractivity contribution in [1.29, 1.82) is 0 Å². The molecule has 4 aromatic rings. The number of ether oxygens (including phenoxy) is 1. The Kier molecular flexibility index (Phi) is 5.39. The van der Waals surface area contributed by atoms with Crippen LogP contribution in [0.15, 0.2) is 67.3 Å². The van der Waals surface area contributed by atoms with Gasteiger partial charge in [-0.25, -0.2) is 14.2 Å². The average molecular weight is 481 g/mol. The summed E-state index contributed by atoms with van der Waals surface area (Å²) in [4.78, 5) is 31.3. The van der Waals surface area contributed by atoms with Gasteiger partial charge in [-0.15, -0.1) is 0 Å². The Hall–Kier alpha value is -4.41. The van der Waals surface area contributed by atoms with Crippen LogP contribution in [0.3, 0.4) is 0 Å². The molecule has 0 saturated carbocycles. The Morgan fingerprint density at radius 2 is 1.83 bits per heavy atom. The van der Waals surface area contributed by atoms with Crippen molar-refractivity contribution in [3.8, 4) is 11.5 Å². The SMILES string of the molecule is CCc1cc(N2C(=O)CN(c3cncc(C(F)(F)F)c3)C2=O)ccc1Oc1cnn2ccccc12. The van der Waals surface area contributed by atoms with E-state index in [1.54, 1.807) is 35.1 Å². The molecule has 5 rings (SSSR count). The van der Waals surface area contributed by atoms with E-state index in [1.807, 2.05) is 25.1 Å². The normalized spacial score (nSPS) is 14.3. The van der Waals surface area contributed by atoms with Gasteiger partial charge >= 0.3 is 12.2 Å². The summed E-state index contributed by atoms with van der Waals surface area (Å²) in [5.74, 6) is 0.517. The van der Waals surface area contributed by atoms with Crippen molar-refractivity contribution >= 4 is 28.8 Å². The Labute approximate surface area is 197 Å². The number of anilines is 2. The zero-order chi connectivity index (χ0) is 24.7. The number of benzene rings is 1. The largest absolute Gasteiger partial charge is 0.453 e. The molecule has 4 heterocycles.